The van der Waals surface area contributed by atoms with Crippen LogP contribution in [0, 0.1) is 11.6 Å². The van der Waals surface area contributed by atoms with Crippen LogP contribution >= 0.6 is 0 Å². The molecule has 0 aromatic heterocycles. The Labute approximate surface area is 92.9 Å². The van der Waals surface area contributed by atoms with Crippen LogP contribution in [0.3, 0.4) is 0 Å². The first kappa shape index (κ1) is 11.5. The first-order valence-corrected chi connectivity index (χ1v) is 5.43. The second-order valence-corrected chi connectivity index (χ2v) is 3.99. The largest absolute Gasteiger partial charge is 0.385 e. The van der Waals surface area contributed by atoms with Crippen LogP contribution in [0.1, 0.15) is 30.9 Å². The molecule has 0 aliphatic carbocycles. The topological polar surface area (TPSA) is 29.5 Å². The normalized spacial score (nSPS) is 23.1. The zero-order valence-electron chi connectivity index (χ0n) is 8.83. The van der Waals surface area contributed by atoms with Gasteiger partial charge in [0.2, 0.25) is 0 Å². The minimum Gasteiger partial charge on any atom is -0.385 e. The van der Waals surface area contributed by atoms with Crippen molar-refractivity contribution in [1.29, 1.82) is 0 Å². The Bertz CT molecular complexity index is 342. The molecule has 16 heavy (non-hydrogen) atoms. The first-order valence-electron chi connectivity index (χ1n) is 5.43. The minimum absolute atomic E-state index is 0.283. The Morgan fingerprint density at radius 1 is 1.25 bits per heavy atom. The molecule has 0 bridgehead atoms. The lowest BCUT2D eigenvalue weighted by Crippen LogP contribution is -2.27. The maximum absolute atomic E-state index is 13.4. The summed E-state index contributed by atoms with van der Waals surface area (Å²) in [4.78, 5) is 0. The molecule has 0 spiro atoms. The molecular weight excluding hydrogens is 214 g/mol. The molecule has 0 amide bonds. The SMILES string of the molecule is OC(c1c(F)cccc1F)C1CCCCO1. The number of aliphatic hydroxyl groups is 1. The van der Waals surface area contributed by atoms with Gasteiger partial charge < -0.3 is 9.84 Å². The summed E-state index contributed by atoms with van der Waals surface area (Å²) in [6.07, 6.45) is 0.761. The van der Waals surface area contributed by atoms with E-state index in [0.29, 0.717) is 13.0 Å². The molecule has 2 atom stereocenters. The molecular formula is C12H14F2O2. The molecule has 2 rings (SSSR count). The number of aliphatic hydroxyl groups excluding tert-OH is 1. The van der Waals surface area contributed by atoms with Gasteiger partial charge in [0, 0.05) is 6.61 Å². The molecule has 1 aliphatic heterocycles. The third kappa shape index (κ3) is 2.23. The number of hydrogen-bond donors (Lipinski definition) is 1. The fraction of sp³-hybridized carbons (Fsp3) is 0.500. The Hall–Kier alpha value is -1.00. The van der Waals surface area contributed by atoms with Crippen molar-refractivity contribution < 1.29 is 18.6 Å². The third-order valence-corrected chi connectivity index (χ3v) is 2.86. The standard InChI is InChI=1S/C12H14F2O2/c13-8-4-3-5-9(14)11(8)12(15)10-6-1-2-7-16-10/h3-5,10,12,15H,1-2,6-7H2. The molecule has 1 aromatic carbocycles. The average Bonchev–Trinajstić information content (AvgIpc) is 2.30. The predicted octanol–water partition coefficient (Wildman–Crippen LogP) is 2.57. The van der Waals surface area contributed by atoms with E-state index in [-0.39, 0.29) is 5.56 Å². The lowest BCUT2D eigenvalue weighted by atomic mass is 9.97. The quantitative estimate of drug-likeness (QED) is 0.843. The van der Waals surface area contributed by atoms with E-state index < -0.39 is 23.8 Å². The van der Waals surface area contributed by atoms with Gasteiger partial charge in [0.15, 0.2) is 0 Å². The summed E-state index contributed by atoms with van der Waals surface area (Å²) in [5.74, 6) is -1.44. The summed E-state index contributed by atoms with van der Waals surface area (Å²) in [7, 11) is 0. The first-order chi connectivity index (χ1) is 7.70. The lowest BCUT2D eigenvalue weighted by molar-refractivity contribution is -0.0656. The van der Waals surface area contributed by atoms with Crippen molar-refractivity contribution in [3.8, 4) is 0 Å². The summed E-state index contributed by atoms with van der Waals surface area (Å²) in [5.41, 5.74) is -0.283. The van der Waals surface area contributed by atoms with Crippen molar-refractivity contribution >= 4 is 0 Å². The highest BCUT2D eigenvalue weighted by Crippen LogP contribution is 2.29. The van der Waals surface area contributed by atoms with E-state index in [9.17, 15) is 13.9 Å². The molecule has 1 aromatic rings. The second-order valence-electron chi connectivity index (χ2n) is 3.99. The van der Waals surface area contributed by atoms with Gasteiger partial charge >= 0.3 is 0 Å². The van der Waals surface area contributed by atoms with E-state index in [0.717, 1.165) is 25.0 Å². The van der Waals surface area contributed by atoms with Gasteiger partial charge in [-0.3, -0.25) is 0 Å². The summed E-state index contributed by atoms with van der Waals surface area (Å²) < 4.78 is 32.1. The van der Waals surface area contributed by atoms with Gasteiger partial charge in [-0.2, -0.15) is 0 Å². The molecule has 88 valence electrons. The highest BCUT2D eigenvalue weighted by atomic mass is 19.1. The van der Waals surface area contributed by atoms with E-state index in [1.165, 1.54) is 6.07 Å². The van der Waals surface area contributed by atoms with Crippen molar-refractivity contribution in [3.63, 3.8) is 0 Å². The lowest BCUT2D eigenvalue weighted by Gasteiger charge is -2.27. The van der Waals surface area contributed by atoms with Crippen LogP contribution in [0.2, 0.25) is 0 Å². The van der Waals surface area contributed by atoms with Gasteiger partial charge in [0.1, 0.15) is 17.7 Å². The smallest absolute Gasteiger partial charge is 0.132 e. The molecule has 1 saturated heterocycles. The molecule has 1 aliphatic rings. The number of halogens is 2. The number of hydrogen-bond acceptors (Lipinski definition) is 2. The molecule has 2 nitrogen and oxygen atoms in total. The average molecular weight is 228 g/mol. The number of rotatable bonds is 2. The van der Waals surface area contributed by atoms with Crippen LogP contribution in [-0.2, 0) is 4.74 Å². The monoisotopic (exact) mass is 228 g/mol. The summed E-state index contributed by atoms with van der Waals surface area (Å²) in [6, 6.07) is 3.57. The summed E-state index contributed by atoms with van der Waals surface area (Å²) in [6.45, 7) is 0.539. The van der Waals surface area contributed by atoms with Crippen LogP contribution in [0.25, 0.3) is 0 Å². The second kappa shape index (κ2) is 4.89. The van der Waals surface area contributed by atoms with Gasteiger partial charge in [0.05, 0.1) is 11.7 Å². The maximum atomic E-state index is 13.4. The Balaban J connectivity index is 2.22. The van der Waals surface area contributed by atoms with E-state index in [4.69, 9.17) is 4.74 Å². The van der Waals surface area contributed by atoms with Crippen LogP contribution in [0.15, 0.2) is 18.2 Å². The highest BCUT2D eigenvalue weighted by Gasteiger charge is 2.28. The summed E-state index contributed by atoms with van der Waals surface area (Å²) >= 11 is 0. The van der Waals surface area contributed by atoms with Gasteiger partial charge in [-0.05, 0) is 31.4 Å². The number of benzene rings is 1. The fourth-order valence-corrected chi connectivity index (χ4v) is 1.99. The van der Waals surface area contributed by atoms with Gasteiger partial charge in [0.25, 0.3) is 0 Å². The van der Waals surface area contributed by atoms with Crippen molar-refractivity contribution in [1.82, 2.24) is 0 Å². The van der Waals surface area contributed by atoms with E-state index in [1.807, 2.05) is 0 Å². The van der Waals surface area contributed by atoms with Gasteiger partial charge in [-0.1, -0.05) is 6.07 Å². The Morgan fingerprint density at radius 3 is 2.50 bits per heavy atom. The Kier molecular flexibility index (Phi) is 3.51. The van der Waals surface area contributed by atoms with E-state index in [2.05, 4.69) is 0 Å². The van der Waals surface area contributed by atoms with Gasteiger partial charge in [-0.25, -0.2) is 8.78 Å². The zero-order chi connectivity index (χ0) is 11.5. The predicted molar refractivity (Wildman–Crippen MR) is 54.9 cm³/mol. The van der Waals surface area contributed by atoms with Crippen LogP contribution in [0.5, 0.6) is 0 Å². The molecule has 1 N–H and O–H groups in total. The fourth-order valence-electron chi connectivity index (χ4n) is 1.99. The molecule has 0 saturated carbocycles. The van der Waals surface area contributed by atoms with Crippen molar-refractivity contribution in [2.75, 3.05) is 6.61 Å². The van der Waals surface area contributed by atoms with Crippen molar-refractivity contribution in [3.05, 3.63) is 35.4 Å². The van der Waals surface area contributed by atoms with Crippen molar-refractivity contribution in [2.24, 2.45) is 0 Å². The minimum atomic E-state index is -1.22. The molecule has 1 fully saturated rings. The van der Waals surface area contributed by atoms with Crippen LogP contribution < -0.4 is 0 Å². The molecule has 4 heteroatoms. The van der Waals surface area contributed by atoms with Crippen LogP contribution in [-0.4, -0.2) is 17.8 Å². The van der Waals surface area contributed by atoms with E-state index >= 15 is 0 Å². The molecule has 1 heterocycles. The maximum Gasteiger partial charge on any atom is 0.132 e. The molecule has 2 unspecified atom stereocenters. The Morgan fingerprint density at radius 2 is 1.94 bits per heavy atom. The third-order valence-electron chi connectivity index (χ3n) is 2.86. The van der Waals surface area contributed by atoms with Crippen molar-refractivity contribution in [2.45, 2.75) is 31.5 Å². The number of ether oxygens (including phenoxy) is 1. The van der Waals surface area contributed by atoms with E-state index in [1.54, 1.807) is 0 Å². The van der Waals surface area contributed by atoms with Crippen LogP contribution in [0.4, 0.5) is 8.78 Å². The molecule has 0 radical (unpaired) electrons. The zero-order valence-corrected chi connectivity index (χ0v) is 8.83. The van der Waals surface area contributed by atoms with Gasteiger partial charge in [-0.15, -0.1) is 0 Å². The highest BCUT2D eigenvalue weighted by molar-refractivity contribution is 5.23. The summed E-state index contributed by atoms with van der Waals surface area (Å²) in [5, 5.41) is 9.90.